The fourth-order valence-electron chi connectivity index (χ4n) is 3.37. The third-order valence-electron chi connectivity index (χ3n) is 4.80. The molecule has 2 aromatic rings. The predicted octanol–water partition coefficient (Wildman–Crippen LogP) is 3.28. The molecule has 3 amide bonds. The standard InChI is InChI=1S/C20H22BrN3O4/c1-12(22-20(27)28-2)19(26)24-9-3-4-17(24)18(25)23-16-8-6-13-10-15(21)7-5-14(13)11-16/h5-8,10-12,17H,3-4,9H2,1-2H3,(H,22,27)(H,23,25)/t12-,17?/m0/s1. The lowest BCUT2D eigenvalue weighted by atomic mass is 10.1. The van der Waals surface area contributed by atoms with Gasteiger partial charge in [-0.05, 0) is 54.8 Å². The van der Waals surface area contributed by atoms with E-state index in [1.165, 1.54) is 12.0 Å². The van der Waals surface area contributed by atoms with E-state index < -0.39 is 18.2 Å². The van der Waals surface area contributed by atoms with Gasteiger partial charge in [-0.3, -0.25) is 9.59 Å². The van der Waals surface area contributed by atoms with Gasteiger partial charge >= 0.3 is 6.09 Å². The van der Waals surface area contributed by atoms with E-state index in [0.717, 1.165) is 21.7 Å². The molecule has 1 unspecified atom stereocenters. The number of nitrogens with one attached hydrogen (secondary N) is 2. The Balaban J connectivity index is 1.70. The normalized spacial score (nSPS) is 17.2. The summed E-state index contributed by atoms with van der Waals surface area (Å²) in [6.07, 6.45) is 0.646. The number of rotatable bonds is 4. The molecule has 28 heavy (non-hydrogen) atoms. The zero-order valence-electron chi connectivity index (χ0n) is 15.7. The lowest BCUT2D eigenvalue weighted by molar-refractivity contribution is -0.137. The molecule has 1 heterocycles. The number of ether oxygens (including phenoxy) is 1. The zero-order chi connectivity index (χ0) is 20.3. The van der Waals surface area contributed by atoms with Crippen molar-refractivity contribution in [1.82, 2.24) is 10.2 Å². The summed E-state index contributed by atoms with van der Waals surface area (Å²) >= 11 is 3.45. The molecule has 1 aliphatic rings. The largest absolute Gasteiger partial charge is 0.453 e. The van der Waals surface area contributed by atoms with Crippen LogP contribution < -0.4 is 10.6 Å². The summed E-state index contributed by atoms with van der Waals surface area (Å²) in [5.41, 5.74) is 0.680. The number of amides is 3. The summed E-state index contributed by atoms with van der Waals surface area (Å²) in [6.45, 7) is 2.06. The van der Waals surface area contributed by atoms with Crippen LogP contribution in [0.3, 0.4) is 0 Å². The van der Waals surface area contributed by atoms with Crippen molar-refractivity contribution in [3.05, 3.63) is 40.9 Å². The van der Waals surface area contributed by atoms with Gasteiger partial charge in [-0.2, -0.15) is 0 Å². The highest BCUT2D eigenvalue weighted by molar-refractivity contribution is 9.10. The summed E-state index contributed by atoms with van der Waals surface area (Å²) in [6, 6.07) is 10.3. The van der Waals surface area contributed by atoms with E-state index in [9.17, 15) is 14.4 Å². The van der Waals surface area contributed by atoms with Crippen molar-refractivity contribution in [2.45, 2.75) is 31.8 Å². The second kappa shape index (κ2) is 8.60. The second-order valence-electron chi connectivity index (χ2n) is 6.74. The summed E-state index contributed by atoms with van der Waals surface area (Å²) in [5.74, 6) is -0.529. The van der Waals surface area contributed by atoms with E-state index in [4.69, 9.17) is 0 Å². The molecule has 0 spiro atoms. The Morgan fingerprint density at radius 1 is 1.18 bits per heavy atom. The summed E-state index contributed by atoms with van der Waals surface area (Å²) in [7, 11) is 1.24. The van der Waals surface area contributed by atoms with Crippen molar-refractivity contribution < 1.29 is 19.1 Å². The van der Waals surface area contributed by atoms with E-state index in [1.807, 2.05) is 36.4 Å². The SMILES string of the molecule is COC(=O)N[C@@H](C)C(=O)N1CCCC1C(=O)Nc1ccc2cc(Br)ccc2c1. The Labute approximate surface area is 171 Å². The number of carbonyl (C=O) groups excluding carboxylic acids is 3. The number of carbonyl (C=O) groups is 3. The van der Waals surface area contributed by atoms with Crippen LogP contribution in [-0.2, 0) is 14.3 Å². The van der Waals surface area contributed by atoms with Crippen molar-refractivity contribution in [2.24, 2.45) is 0 Å². The van der Waals surface area contributed by atoms with Crippen LogP contribution in [0.25, 0.3) is 10.8 Å². The van der Waals surface area contributed by atoms with Gasteiger partial charge in [0.1, 0.15) is 12.1 Å². The predicted molar refractivity (Wildman–Crippen MR) is 110 cm³/mol. The van der Waals surface area contributed by atoms with Crippen LogP contribution >= 0.6 is 15.9 Å². The Hall–Kier alpha value is -2.61. The average molecular weight is 448 g/mol. The maximum Gasteiger partial charge on any atom is 0.407 e. The molecule has 7 nitrogen and oxygen atoms in total. The van der Waals surface area contributed by atoms with Gasteiger partial charge in [0.2, 0.25) is 11.8 Å². The minimum atomic E-state index is -0.764. The van der Waals surface area contributed by atoms with E-state index in [2.05, 4.69) is 31.3 Å². The summed E-state index contributed by atoms with van der Waals surface area (Å²) in [4.78, 5) is 38.3. The van der Waals surface area contributed by atoms with Crippen molar-refractivity contribution in [3.8, 4) is 0 Å². The van der Waals surface area contributed by atoms with Gasteiger partial charge in [-0.1, -0.05) is 28.1 Å². The number of likely N-dealkylation sites (tertiary alicyclic amines) is 1. The molecular formula is C20H22BrN3O4. The van der Waals surface area contributed by atoms with Crippen molar-refractivity contribution in [2.75, 3.05) is 19.0 Å². The maximum absolute atomic E-state index is 12.8. The highest BCUT2D eigenvalue weighted by atomic mass is 79.9. The van der Waals surface area contributed by atoms with Gasteiger partial charge in [0.15, 0.2) is 0 Å². The average Bonchev–Trinajstić information content (AvgIpc) is 3.17. The van der Waals surface area contributed by atoms with E-state index in [-0.39, 0.29) is 11.8 Å². The third kappa shape index (κ3) is 4.44. The fraction of sp³-hybridized carbons (Fsp3) is 0.350. The minimum absolute atomic E-state index is 0.229. The van der Waals surface area contributed by atoms with Crippen LogP contribution in [0.4, 0.5) is 10.5 Å². The monoisotopic (exact) mass is 447 g/mol. The highest BCUT2D eigenvalue weighted by Gasteiger charge is 2.36. The van der Waals surface area contributed by atoms with Crippen LogP contribution in [0, 0.1) is 0 Å². The summed E-state index contributed by atoms with van der Waals surface area (Å²) in [5, 5.41) is 7.44. The van der Waals surface area contributed by atoms with Crippen LogP contribution in [0.2, 0.25) is 0 Å². The first-order chi connectivity index (χ1) is 13.4. The number of hydrogen-bond donors (Lipinski definition) is 2. The molecule has 0 aromatic heterocycles. The van der Waals surface area contributed by atoms with Crippen LogP contribution in [0.5, 0.6) is 0 Å². The van der Waals surface area contributed by atoms with E-state index >= 15 is 0 Å². The molecule has 2 N–H and O–H groups in total. The molecule has 1 saturated heterocycles. The number of anilines is 1. The highest BCUT2D eigenvalue weighted by Crippen LogP contribution is 2.24. The molecule has 148 valence electrons. The lowest BCUT2D eigenvalue weighted by Gasteiger charge is -2.27. The Kier molecular flexibility index (Phi) is 6.18. The molecular weight excluding hydrogens is 426 g/mol. The van der Waals surface area contributed by atoms with Gasteiger partial charge in [0, 0.05) is 16.7 Å². The summed E-state index contributed by atoms with van der Waals surface area (Å²) < 4.78 is 5.52. The first kappa shape index (κ1) is 20.1. The number of nitrogens with zero attached hydrogens (tertiary/aromatic N) is 1. The van der Waals surface area contributed by atoms with Gasteiger partial charge < -0.3 is 20.3 Å². The number of methoxy groups -OCH3 is 1. The van der Waals surface area contributed by atoms with Crippen molar-refractivity contribution >= 4 is 50.3 Å². The maximum atomic E-state index is 12.8. The van der Waals surface area contributed by atoms with Crippen LogP contribution in [0.1, 0.15) is 19.8 Å². The number of benzene rings is 2. The Bertz CT molecular complexity index is 917. The molecule has 2 atom stereocenters. The number of alkyl carbamates (subject to hydrolysis) is 1. The number of hydrogen-bond acceptors (Lipinski definition) is 4. The molecule has 2 aromatic carbocycles. The molecule has 1 fully saturated rings. The first-order valence-electron chi connectivity index (χ1n) is 9.04. The molecule has 3 rings (SSSR count). The molecule has 0 saturated carbocycles. The first-order valence-corrected chi connectivity index (χ1v) is 9.83. The smallest absolute Gasteiger partial charge is 0.407 e. The second-order valence-corrected chi connectivity index (χ2v) is 7.66. The minimum Gasteiger partial charge on any atom is -0.453 e. The Morgan fingerprint density at radius 2 is 1.89 bits per heavy atom. The molecule has 1 aliphatic heterocycles. The van der Waals surface area contributed by atoms with E-state index in [0.29, 0.717) is 18.7 Å². The van der Waals surface area contributed by atoms with E-state index in [1.54, 1.807) is 6.92 Å². The van der Waals surface area contributed by atoms with Crippen LogP contribution in [-0.4, -0.2) is 48.5 Å². The molecule has 0 aliphatic carbocycles. The van der Waals surface area contributed by atoms with Gasteiger partial charge in [-0.25, -0.2) is 4.79 Å². The fourth-order valence-corrected chi connectivity index (χ4v) is 3.75. The van der Waals surface area contributed by atoms with Crippen molar-refractivity contribution in [3.63, 3.8) is 0 Å². The van der Waals surface area contributed by atoms with Crippen molar-refractivity contribution in [1.29, 1.82) is 0 Å². The van der Waals surface area contributed by atoms with Gasteiger partial charge in [-0.15, -0.1) is 0 Å². The quantitative estimate of drug-likeness (QED) is 0.752. The zero-order valence-corrected chi connectivity index (χ0v) is 17.3. The van der Waals surface area contributed by atoms with Crippen LogP contribution in [0.15, 0.2) is 40.9 Å². The number of halogens is 1. The van der Waals surface area contributed by atoms with Gasteiger partial charge in [0.05, 0.1) is 7.11 Å². The molecule has 0 bridgehead atoms. The molecule has 8 heteroatoms. The van der Waals surface area contributed by atoms with Gasteiger partial charge in [0.25, 0.3) is 0 Å². The topological polar surface area (TPSA) is 87.7 Å². The molecule has 0 radical (unpaired) electrons. The Morgan fingerprint density at radius 3 is 2.64 bits per heavy atom. The lowest BCUT2D eigenvalue weighted by Crippen LogP contribution is -2.51. The third-order valence-corrected chi connectivity index (χ3v) is 5.29. The number of fused-ring (bicyclic) bond motifs is 1.